The van der Waals surface area contributed by atoms with Crippen LogP contribution in [0, 0.1) is 0 Å². The molecule has 0 fully saturated rings. The molecule has 0 saturated heterocycles. The molecule has 20 heavy (non-hydrogen) atoms. The summed E-state index contributed by atoms with van der Waals surface area (Å²) in [5, 5.41) is 0. The maximum absolute atomic E-state index is 11.0. The molecule has 0 aliphatic carbocycles. The third kappa shape index (κ3) is 4.21. The number of carbonyl (C=O) groups excluding carboxylic acids is 1. The van der Waals surface area contributed by atoms with Gasteiger partial charge in [0, 0.05) is 18.7 Å². The molecule has 100 valence electrons. The number of esters is 1. The molecule has 0 heterocycles. The predicted molar refractivity (Wildman–Crippen MR) is 81.4 cm³/mol. The van der Waals surface area contributed by atoms with Crippen LogP contribution in [0.2, 0.25) is 0 Å². The molecule has 0 radical (unpaired) electrons. The highest BCUT2D eigenvalue weighted by molar-refractivity contribution is 5.82. The van der Waals surface area contributed by atoms with Gasteiger partial charge in [-0.05, 0) is 30.4 Å². The van der Waals surface area contributed by atoms with Crippen LogP contribution < -0.4 is 4.74 Å². The first-order valence-corrected chi connectivity index (χ1v) is 6.29. The summed E-state index contributed by atoms with van der Waals surface area (Å²) >= 11 is 0. The molecule has 0 atom stereocenters. The number of nitrogens with zero attached hydrogens (tertiary/aromatic N) is 1. The Bertz CT molecular complexity index is 630. The molecule has 0 bridgehead atoms. The van der Waals surface area contributed by atoms with Crippen molar-refractivity contribution in [2.24, 2.45) is 4.99 Å². The monoisotopic (exact) mass is 265 g/mol. The van der Waals surface area contributed by atoms with E-state index in [-0.39, 0.29) is 5.97 Å². The first-order valence-electron chi connectivity index (χ1n) is 6.29. The van der Waals surface area contributed by atoms with E-state index in [1.165, 1.54) is 6.92 Å². The molecule has 2 rings (SSSR count). The van der Waals surface area contributed by atoms with Gasteiger partial charge in [-0.15, -0.1) is 0 Å². The van der Waals surface area contributed by atoms with Crippen LogP contribution in [0.3, 0.4) is 0 Å². The zero-order chi connectivity index (χ0) is 14.2. The molecule has 3 heteroatoms. The molecule has 0 aliphatic heterocycles. The Morgan fingerprint density at radius 3 is 2.50 bits per heavy atom. The van der Waals surface area contributed by atoms with Crippen molar-refractivity contribution in [3.05, 3.63) is 66.2 Å². The topological polar surface area (TPSA) is 38.7 Å². The Morgan fingerprint density at radius 2 is 1.75 bits per heavy atom. The number of aliphatic imine (C=N–C) groups is 1. The van der Waals surface area contributed by atoms with Gasteiger partial charge in [-0.3, -0.25) is 9.79 Å². The van der Waals surface area contributed by atoms with Crippen molar-refractivity contribution in [2.75, 3.05) is 0 Å². The van der Waals surface area contributed by atoms with E-state index in [4.69, 9.17) is 4.74 Å². The summed E-state index contributed by atoms with van der Waals surface area (Å²) in [6, 6.07) is 17.0. The molecule has 3 nitrogen and oxygen atoms in total. The highest BCUT2D eigenvalue weighted by Crippen LogP contribution is 2.19. The smallest absolute Gasteiger partial charge is 0.308 e. The number of ether oxygens (including phenoxy) is 1. The molecular formula is C17H15NO2. The second-order valence-corrected chi connectivity index (χ2v) is 4.10. The van der Waals surface area contributed by atoms with E-state index in [1.54, 1.807) is 12.3 Å². The van der Waals surface area contributed by atoms with E-state index in [9.17, 15) is 4.79 Å². The van der Waals surface area contributed by atoms with E-state index in [1.807, 2.05) is 60.7 Å². The Hall–Kier alpha value is -2.68. The van der Waals surface area contributed by atoms with E-state index in [2.05, 4.69) is 4.99 Å². The van der Waals surface area contributed by atoms with Crippen molar-refractivity contribution in [1.82, 2.24) is 0 Å². The standard InChI is InChI=1S/C17H15NO2/c1-14(19)20-17-12-6-5-8-15(17)9-7-13-18-16-10-3-2-4-11-16/h2-13H,1H3/b9-7+,18-13?. The predicted octanol–water partition coefficient (Wildman–Crippen LogP) is 4.03. The number of hydrogen-bond acceptors (Lipinski definition) is 3. The van der Waals surface area contributed by atoms with E-state index < -0.39 is 0 Å². The average molecular weight is 265 g/mol. The van der Waals surface area contributed by atoms with Crippen LogP contribution >= 0.6 is 0 Å². The van der Waals surface area contributed by atoms with Crippen LogP contribution in [-0.4, -0.2) is 12.2 Å². The van der Waals surface area contributed by atoms with Gasteiger partial charge in [0.1, 0.15) is 5.75 Å². The van der Waals surface area contributed by atoms with E-state index >= 15 is 0 Å². The lowest BCUT2D eigenvalue weighted by Gasteiger charge is -2.04. The van der Waals surface area contributed by atoms with Gasteiger partial charge >= 0.3 is 5.97 Å². The van der Waals surface area contributed by atoms with Crippen LogP contribution in [-0.2, 0) is 4.79 Å². The molecule has 2 aromatic rings. The Kier molecular flexibility index (Phi) is 4.84. The summed E-state index contributed by atoms with van der Waals surface area (Å²) in [5.41, 5.74) is 1.73. The lowest BCUT2D eigenvalue weighted by atomic mass is 10.2. The largest absolute Gasteiger partial charge is 0.426 e. The SMILES string of the molecule is CC(=O)Oc1ccccc1/C=C/C=Nc1ccccc1. The van der Waals surface area contributed by atoms with Gasteiger partial charge in [0.2, 0.25) is 0 Å². The molecule has 0 saturated carbocycles. The summed E-state index contributed by atoms with van der Waals surface area (Å²) in [5.74, 6) is 0.216. The minimum Gasteiger partial charge on any atom is -0.426 e. The fourth-order valence-corrected chi connectivity index (χ4v) is 1.66. The number of allylic oxidation sites excluding steroid dienone is 1. The molecule has 0 amide bonds. The van der Waals surface area contributed by atoms with Gasteiger partial charge in [0.15, 0.2) is 0 Å². The Morgan fingerprint density at radius 1 is 1.05 bits per heavy atom. The third-order valence-electron chi connectivity index (χ3n) is 2.51. The van der Waals surface area contributed by atoms with Crippen LogP contribution in [0.4, 0.5) is 5.69 Å². The van der Waals surface area contributed by atoms with Crippen LogP contribution in [0.15, 0.2) is 65.7 Å². The number of para-hydroxylation sites is 2. The molecule has 0 spiro atoms. The first kappa shape index (κ1) is 13.7. The Balaban J connectivity index is 2.08. The minimum atomic E-state index is -0.330. The fraction of sp³-hybridized carbons (Fsp3) is 0.0588. The Labute approximate surface area is 118 Å². The van der Waals surface area contributed by atoms with Crippen molar-refractivity contribution in [2.45, 2.75) is 6.92 Å². The van der Waals surface area contributed by atoms with E-state index in [0.29, 0.717) is 5.75 Å². The third-order valence-corrected chi connectivity index (χ3v) is 2.51. The van der Waals surface area contributed by atoms with Crippen molar-refractivity contribution in [3.63, 3.8) is 0 Å². The van der Waals surface area contributed by atoms with Gasteiger partial charge in [-0.1, -0.05) is 36.4 Å². The highest BCUT2D eigenvalue weighted by Gasteiger charge is 2.01. The molecule has 0 aromatic heterocycles. The van der Waals surface area contributed by atoms with Crippen molar-refractivity contribution in [3.8, 4) is 5.75 Å². The van der Waals surface area contributed by atoms with Gasteiger partial charge in [0.25, 0.3) is 0 Å². The van der Waals surface area contributed by atoms with Crippen LogP contribution in [0.25, 0.3) is 6.08 Å². The van der Waals surface area contributed by atoms with Gasteiger partial charge in [-0.25, -0.2) is 0 Å². The summed E-state index contributed by atoms with van der Waals surface area (Å²) < 4.78 is 5.13. The molecular weight excluding hydrogens is 250 g/mol. The number of rotatable bonds is 4. The number of hydrogen-bond donors (Lipinski definition) is 0. The fourth-order valence-electron chi connectivity index (χ4n) is 1.66. The van der Waals surface area contributed by atoms with Gasteiger partial charge in [-0.2, -0.15) is 0 Å². The number of carbonyl (C=O) groups is 1. The summed E-state index contributed by atoms with van der Waals surface area (Å²) in [7, 11) is 0. The zero-order valence-electron chi connectivity index (χ0n) is 11.2. The second-order valence-electron chi connectivity index (χ2n) is 4.10. The first-order chi connectivity index (χ1) is 9.75. The zero-order valence-corrected chi connectivity index (χ0v) is 11.2. The maximum atomic E-state index is 11.0. The summed E-state index contributed by atoms with van der Waals surface area (Å²) in [4.78, 5) is 15.3. The average Bonchev–Trinajstić information content (AvgIpc) is 2.46. The van der Waals surface area contributed by atoms with Crippen LogP contribution in [0.1, 0.15) is 12.5 Å². The normalized spacial score (nSPS) is 11.1. The maximum Gasteiger partial charge on any atom is 0.308 e. The summed E-state index contributed by atoms with van der Waals surface area (Å²) in [6.45, 7) is 1.39. The van der Waals surface area contributed by atoms with Crippen molar-refractivity contribution < 1.29 is 9.53 Å². The molecule has 2 aromatic carbocycles. The van der Waals surface area contributed by atoms with Gasteiger partial charge < -0.3 is 4.74 Å². The molecule has 0 aliphatic rings. The number of benzene rings is 2. The van der Waals surface area contributed by atoms with E-state index in [0.717, 1.165) is 11.3 Å². The second kappa shape index (κ2) is 7.04. The van der Waals surface area contributed by atoms with Crippen LogP contribution in [0.5, 0.6) is 5.75 Å². The van der Waals surface area contributed by atoms with Crippen molar-refractivity contribution >= 4 is 23.9 Å². The lowest BCUT2D eigenvalue weighted by molar-refractivity contribution is -0.131. The minimum absolute atomic E-state index is 0.330. The van der Waals surface area contributed by atoms with Gasteiger partial charge in [0.05, 0.1) is 5.69 Å². The molecule has 0 unspecified atom stereocenters. The highest BCUT2D eigenvalue weighted by atomic mass is 16.5. The summed E-state index contributed by atoms with van der Waals surface area (Å²) in [6.07, 6.45) is 5.37. The lowest BCUT2D eigenvalue weighted by Crippen LogP contribution is -2.02. The molecule has 0 N–H and O–H groups in total. The quantitative estimate of drug-likeness (QED) is 0.475. The van der Waals surface area contributed by atoms with Crippen molar-refractivity contribution in [1.29, 1.82) is 0 Å².